The van der Waals surface area contributed by atoms with Gasteiger partial charge in [-0.05, 0) is 62.1 Å². The molecule has 6 nitrogen and oxygen atoms in total. The Morgan fingerprint density at radius 1 is 1.04 bits per heavy atom. The van der Waals surface area contributed by atoms with E-state index in [-0.39, 0.29) is 4.90 Å². The third kappa shape index (κ3) is 4.53. The van der Waals surface area contributed by atoms with Crippen LogP contribution in [0.1, 0.15) is 36.8 Å². The van der Waals surface area contributed by atoms with E-state index in [0.717, 1.165) is 24.3 Å². The topological polar surface area (TPSA) is 71.5 Å². The van der Waals surface area contributed by atoms with Gasteiger partial charge in [-0.1, -0.05) is 12.8 Å². The second-order valence-corrected chi connectivity index (χ2v) is 8.65. The molecule has 0 bridgehead atoms. The molecule has 7 heteroatoms. The van der Waals surface area contributed by atoms with Gasteiger partial charge in [-0.2, -0.15) is 0 Å². The summed E-state index contributed by atoms with van der Waals surface area (Å²) in [7, 11) is -2.14. The molecule has 1 aromatic heterocycles. The van der Waals surface area contributed by atoms with Gasteiger partial charge in [-0.3, -0.25) is 4.72 Å². The molecule has 0 unspecified atom stereocenters. The monoisotopic (exact) mass is 389 g/mol. The molecule has 0 radical (unpaired) electrons. The zero-order valence-corrected chi connectivity index (χ0v) is 17.0. The van der Waals surface area contributed by atoms with Crippen molar-refractivity contribution >= 4 is 21.5 Å². The predicted molar refractivity (Wildman–Crippen MR) is 108 cm³/mol. The molecule has 27 heavy (non-hydrogen) atoms. The number of anilines is 2. The highest BCUT2D eigenvalue weighted by molar-refractivity contribution is 7.92. The van der Waals surface area contributed by atoms with Gasteiger partial charge in [-0.25, -0.2) is 13.4 Å². The molecule has 2 heterocycles. The van der Waals surface area contributed by atoms with Crippen LogP contribution in [-0.4, -0.2) is 33.6 Å². The Bertz CT molecular complexity index is 887. The van der Waals surface area contributed by atoms with Crippen molar-refractivity contribution in [1.29, 1.82) is 0 Å². The first kappa shape index (κ1) is 19.5. The lowest BCUT2D eigenvalue weighted by atomic mass is 10.1. The van der Waals surface area contributed by atoms with Crippen LogP contribution in [0.4, 0.5) is 11.5 Å². The van der Waals surface area contributed by atoms with E-state index in [1.807, 2.05) is 13.0 Å². The number of pyridine rings is 1. The molecule has 1 saturated heterocycles. The van der Waals surface area contributed by atoms with Gasteiger partial charge in [0.1, 0.15) is 11.6 Å². The number of rotatable bonds is 5. The lowest BCUT2D eigenvalue weighted by Crippen LogP contribution is -2.24. The summed E-state index contributed by atoms with van der Waals surface area (Å²) in [5.41, 5.74) is 2.44. The zero-order valence-electron chi connectivity index (χ0n) is 16.2. The van der Waals surface area contributed by atoms with Crippen molar-refractivity contribution in [3.05, 3.63) is 41.6 Å². The first-order valence-corrected chi connectivity index (χ1v) is 10.8. The van der Waals surface area contributed by atoms with Crippen molar-refractivity contribution in [2.75, 3.05) is 29.8 Å². The summed E-state index contributed by atoms with van der Waals surface area (Å²) in [6.45, 7) is 5.63. The molecule has 1 aliphatic rings. The van der Waals surface area contributed by atoms with Crippen LogP contribution in [0.15, 0.2) is 35.4 Å². The number of sulfonamides is 1. The largest absolute Gasteiger partial charge is 0.496 e. The van der Waals surface area contributed by atoms with Gasteiger partial charge >= 0.3 is 0 Å². The highest BCUT2D eigenvalue weighted by Crippen LogP contribution is 2.27. The fourth-order valence-corrected chi connectivity index (χ4v) is 4.75. The Balaban J connectivity index is 1.79. The van der Waals surface area contributed by atoms with Gasteiger partial charge in [0, 0.05) is 13.1 Å². The molecule has 0 atom stereocenters. The Kier molecular flexibility index (Phi) is 5.89. The molecule has 1 aliphatic heterocycles. The second-order valence-electron chi connectivity index (χ2n) is 7.00. The SMILES string of the molecule is COc1cc(C)c(S(=O)(=O)Nc2ccc(N3CCCCCC3)cn2)cc1C. The van der Waals surface area contributed by atoms with Crippen molar-refractivity contribution in [2.45, 2.75) is 44.4 Å². The summed E-state index contributed by atoms with van der Waals surface area (Å²) in [6.07, 6.45) is 6.65. The van der Waals surface area contributed by atoms with E-state index in [1.54, 1.807) is 38.4 Å². The van der Waals surface area contributed by atoms with Crippen LogP contribution in [-0.2, 0) is 10.0 Å². The quantitative estimate of drug-likeness (QED) is 0.840. The first-order chi connectivity index (χ1) is 12.9. The first-order valence-electron chi connectivity index (χ1n) is 9.30. The van der Waals surface area contributed by atoms with Crippen LogP contribution in [0.3, 0.4) is 0 Å². The number of nitrogens with one attached hydrogen (secondary N) is 1. The van der Waals surface area contributed by atoms with E-state index in [9.17, 15) is 8.42 Å². The van der Waals surface area contributed by atoms with Crippen molar-refractivity contribution in [1.82, 2.24) is 4.98 Å². The molecule has 2 aromatic rings. The molecule has 0 spiro atoms. The lowest BCUT2D eigenvalue weighted by Gasteiger charge is -2.22. The van der Waals surface area contributed by atoms with E-state index in [0.29, 0.717) is 17.1 Å². The highest BCUT2D eigenvalue weighted by Gasteiger charge is 2.20. The average molecular weight is 390 g/mol. The normalized spacial score (nSPS) is 15.3. The molecule has 1 fully saturated rings. The molecule has 1 N–H and O–H groups in total. The number of ether oxygens (including phenoxy) is 1. The summed E-state index contributed by atoms with van der Waals surface area (Å²) < 4.78 is 33.5. The van der Waals surface area contributed by atoms with Crippen molar-refractivity contribution < 1.29 is 13.2 Å². The summed E-state index contributed by atoms with van der Waals surface area (Å²) in [6, 6.07) is 7.02. The van der Waals surface area contributed by atoms with E-state index in [2.05, 4.69) is 14.6 Å². The van der Waals surface area contributed by atoms with E-state index < -0.39 is 10.0 Å². The Labute approximate surface area is 161 Å². The van der Waals surface area contributed by atoms with Crippen molar-refractivity contribution in [2.24, 2.45) is 0 Å². The van der Waals surface area contributed by atoms with Crippen LogP contribution < -0.4 is 14.4 Å². The number of aromatic nitrogens is 1. The minimum atomic E-state index is -3.72. The number of benzene rings is 1. The molecule has 1 aromatic carbocycles. The van der Waals surface area contributed by atoms with Crippen molar-refractivity contribution in [3.8, 4) is 5.75 Å². The Hall–Kier alpha value is -2.28. The van der Waals surface area contributed by atoms with Gasteiger partial charge in [0.15, 0.2) is 0 Å². The Morgan fingerprint density at radius 3 is 2.33 bits per heavy atom. The molecule has 146 valence electrons. The minimum absolute atomic E-state index is 0.235. The van der Waals surface area contributed by atoms with E-state index in [4.69, 9.17) is 4.74 Å². The smallest absolute Gasteiger partial charge is 0.263 e. The van der Waals surface area contributed by atoms with Crippen LogP contribution >= 0.6 is 0 Å². The summed E-state index contributed by atoms with van der Waals surface area (Å²) >= 11 is 0. The standard InChI is InChI=1S/C20H27N3O3S/c1-15-13-19(16(2)12-18(15)26-3)27(24,25)22-20-9-8-17(14-21-20)23-10-6-4-5-7-11-23/h8-9,12-14H,4-7,10-11H2,1-3H3,(H,21,22). The zero-order chi connectivity index (χ0) is 19.4. The number of methoxy groups -OCH3 is 1. The number of hydrogen-bond acceptors (Lipinski definition) is 5. The molecule has 0 amide bonds. The van der Waals surface area contributed by atoms with E-state index in [1.165, 1.54) is 25.7 Å². The number of aryl methyl sites for hydroxylation is 2. The van der Waals surface area contributed by atoms with Gasteiger partial charge < -0.3 is 9.64 Å². The summed E-state index contributed by atoms with van der Waals surface area (Å²) in [4.78, 5) is 6.87. The van der Waals surface area contributed by atoms with E-state index >= 15 is 0 Å². The second kappa shape index (κ2) is 8.17. The summed E-state index contributed by atoms with van der Waals surface area (Å²) in [5, 5.41) is 0. The molecule has 3 rings (SSSR count). The third-order valence-corrected chi connectivity index (χ3v) is 6.44. The van der Waals surface area contributed by atoms with Crippen molar-refractivity contribution in [3.63, 3.8) is 0 Å². The van der Waals surface area contributed by atoms with Crippen LogP contribution in [0.5, 0.6) is 5.75 Å². The maximum Gasteiger partial charge on any atom is 0.263 e. The predicted octanol–water partition coefficient (Wildman–Crippen LogP) is 3.89. The van der Waals surface area contributed by atoms with Gasteiger partial charge in [0.25, 0.3) is 10.0 Å². The minimum Gasteiger partial charge on any atom is -0.496 e. The maximum atomic E-state index is 12.8. The lowest BCUT2D eigenvalue weighted by molar-refractivity contribution is 0.411. The summed E-state index contributed by atoms with van der Waals surface area (Å²) in [5.74, 6) is 0.993. The van der Waals surface area contributed by atoms with Crippen LogP contribution in [0.2, 0.25) is 0 Å². The number of nitrogens with zero attached hydrogens (tertiary/aromatic N) is 2. The Morgan fingerprint density at radius 2 is 1.74 bits per heavy atom. The average Bonchev–Trinajstić information content (AvgIpc) is 2.93. The third-order valence-electron chi connectivity index (χ3n) is 4.94. The molecule has 0 saturated carbocycles. The fraction of sp³-hybridized carbons (Fsp3) is 0.450. The van der Waals surface area contributed by atoms with Gasteiger partial charge in [0.05, 0.1) is 23.9 Å². The molecular formula is C20H27N3O3S. The highest BCUT2D eigenvalue weighted by atomic mass is 32.2. The fourth-order valence-electron chi connectivity index (χ4n) is 3.43. The van der Waals surface area contributed by atoms with Gasteiger partial charge in [-0.15, -0.1) is 0 Å². The van der Waals surface area contributed by atoms with Gasteiger partial charge in [0.2, 0.25) is 0 Å². The molecule has 0 aliphatic carbocycles. The van der Waals surface area contributed by atoms with Crippen LogP contribution in [0.25, 0.3) is 0 Å². The molecular weight excluding hydrogens is 362 g/mol. The number of hydrogen-bond donors (Lipinski definition) is 1. The maximum absolute atomic E-state index is 12.8. The van der Waals surface area contributed by atoms with Crippen LogP contribution in [0, 0.1) is 13.8 Å².